The molecule has 0 bridgehead atoms. The summed E-state index contributed by atoms with van der Waals surface area (Å²) in [5.41, 5.74) is 14.4. The van der Waals surface area contributed by atoms with Gasteiger partial charge in [0.1, 0.15) is 11.2 Å². The summed E-state index contributed by atoms with van der Waals surface area (Å²) in [7, 11) is 0. The molecule has 2 nitrogen and oxygen atoms in total. The van der Waals surface area contributed by atoms with E-state index in [1.807, 2.05) is 12.1 Å². The number of nitrogens with zero attached hydrogens (tertiary/aromatic N) is 1. The molecule has 0 saturated carbocycles. The fraction of sp³-hybridized carbons (Fsp3) is 0. The van der Waals surface area contributed by atoms with Crippen molar-refractivity contribution in [3.05, 3.63) is 212 Å². The van der Waals surface area contributed by atoms with Gasteiger partial charge in [0.15, 0.2) is 0 Å². The van der Waals surface area contributed by atoms with Gasteiger partial charge in [-0.2, -0.15) is 0 Å². The van der Waals surface area contributed by atoms with E-state index in [9.17, 15) is 0 Å². The third-order valence-corrected chi connectivity index (χ3v) is 10.5. The van der Waals surface area contributed by atoms with E-state index in [2.05, 4.69) is 205 Å². The molecule has 1 aromatic heterocycles. The maximum Gasteiger partial charge on any atom is 0.137 e. The van der Waals surface area contributed by atoms with Gasteiger partial charge in [-0.15, -0.1) is 0 Å². The molecule has 54 heavy (non-hydrogen) atoms. The van der Waals surface area contributed by atoms with Gasteiger partial charge in [0.2, 0.25) is 0 Å². The van der Waals surface area contributed by atoms with Crippen molar-refractivity contribution in [1.29, 1.82) is 0 Å². The van der Waals surface area contributed by atoms with Crippen LogP contribution >= 0.6 is 0 Å². The van der Waals surface area contributed by atoms with Gasteiger partial charge in [-0.25, -0.2) is 0 Å². The molecule has 0 unspecified atom stereocenters. The Labute approximate surface area is 314 Å². The van der Waals surface area contributed by atoms with Crippen LogP contribution < -0.4 is 4.90 Å². The van der Waals surface area contributed by atoms with Crippen LogP contribution in [-0.2, 0) is 0 Å². The minimum Gasteiger partial charge on any atom is -0.456 e. The first-order valence-electron chi connectivity index (χ1n) is 18.4. The molecule has 9 aromatic carbocycles. The van der Waals surface area contributed by atoms with Crippen LogP contribution in [0.3, 0.4) is 0 Å². The summed E-state index contributed by atoms with van der Waals surface area (Å²) in [6.07, 6.45) is 0. The summed E-state index contributed by atoms with van der Waals surface area (Å²) in [5.74, 6) is 0. The first-order valence-corrected chi connectivity index (χ1v) is 18.4. The minimum atomic E-state index is 0.862. The number of fused-ring (bicyclic) bond motifs is 4. The highest BCUT2D eigenvalue weighted by Crippen LogP contribution is 2.46. The predicted molar refractivity (Wildman–Crippen MR) is 228 cm³/mol. The van der Waals surface area contributed by atoms with Gasteiger partial charge in [-0.1, -0.05) is 164 Å². The maximum atomic E-state index is 6.45. The molecular formula is C52H35NO. The van der Waals surface area contributed by atoms with E-state index in [-0.39, 0.29) is 0 Å². The van der Waals surface area contributed by atoms with Gasteiger partial charge in [0, 0.05) is 33.8 Å². The van der Waals surface area contributed by atoms with Crippen LogP contribution in [0.1, 0.15) is 0 Å². The average molecular weight is 690 g/mol. The monoisotopic (exact) mass is 689 g/mol. The molecule has 10 aromatic rings. The molecule has 0 radical (unpaired) electrons. The van der Waals surface area contributed by atoms with Crippen molar-refractivity contribution in [3.63, 3.8) is 0 Å². The topological polar surface area (TPSA) is 16.4 Å². The van der Waals surface area contributed by atoms with Crippen LogP contribution in [0.5, 0.6) is 0 Å². The Bertz CT molecular complexity index is 2940. The Morgan fingerprint density at radius 2 is 0.852 bits per heavy atom. The van der Waals surface area contributed by atoms with Gasteiger partial charge >= 0.3 is 0 Å². The molecule has 0 spiro atoms. The highest BCUT2D eigenvalue weighted by Gasteiger charge is 2.21. The lowest BCUT2D eigenvalue weighted by molar-refractivity contribution is 0.669. The molecule has 2 heteroatoms. The van der Waals surface area contributed by atoms with Crippen LogP contribution in [0.2, 0.25) is 0 Å². The zero-order valence-electron chi connectivity index (χ0n) is 29.6. The largest absolute Gasteiger partial charge is 0.456 e. The van der Waals surface area contributed by atoms with Gasteiger partial charge in [0.25, 0.3) is 0 Å². The highest BCUT2D eigenvalue weighted by molar-refractivity contribution is 6.06. The Morgan fingerprint density at radius 1 is 0.296 bits per heavy atom. The number of benzene rings is 9. The van der Waals surface area contributed by atoms with Crippen molar-refractivity contribution in [2.24, 2.45) is 0 Å². The molecule has 0 aliphatic heterocycles. The molecule has 0 aliphatic rings. The summed E-state index contributed by atoms with van der Waals surface area (Å²) < 4.78 is 6.45. The second kappa shape index (κ2) is 13.4. The van der Waals surface area contributed by atoms with Crippen molar-refractivity contribution < 1.29 is 4.42 Å². The summed E-state index contributed by atoms with van der Waals surface area (Å²) in [6.45, 7) is 0. The van der Waals surface area contributed by atoms with Gasteiger partial charge < -0.3 is 9.32 Å². The Balaban J connectivity index is 1.15. The van der Waals surface area contributed by atoms with Crippen LogP contribution in [0, 0.1) is 0 Å². The van der Waals surface area contributed by atoms with E-state index >= 15 is 0 Å². The van der Waals surface area contributed by atoms with Gasteiger partial charge in [-0.3, -0.25) is 0 Å². The van der Waals surface area contributed by atoms with E-state index in [4.69, 9.17) is 4.42 Å². The maximum absolute atomic E-state index is 6.45. The lowest BCUT2D eigenvalue weighted by Crippen LogP contribution is -2.11. The standard InChI is InChI=1S/C52H35NO/c1-2-15-38(16-3-1)43-18-6-7-19-44(43)45-20-8-9-21-46(45)47-22-10-12-24-50(47)53(42-32-33-49-48-23-11-13-25-51(48)54-52(49)35-42)41-30-28-37(29-31-41)40-27-26-36-14-4-5-17-39(36)34-40/h1-35H. The van der Waals surface area contributed by atoms with Crippen molar-refractivity contribution in [1.82, 2.24) is 0 Å². The number of furan rings is 1. The molecule has 1 heterocycles. The molecule has 0 saturated heterocycles. The average Bonchev–Trinajstić information content (AvgIpc) is 3.62. The van der Waals surface area contributed by atoms with Crippen LogP contribution in [0.4, 0.5) is 17.1 Å². The number of rotatable bonds is 7. The molecule has 0 amide bonds. The van der Waals surface area contributed by atoms with Crippen molar-refractivity contribution in [2.45, 2.75) is 0 Å². The lowest BCUT2D eigenvalue weighted by Gasteiger charge is -2.28. The van der Waals surface area contributed by atoms with Gasteiger partial charge in [-0.05, 0) is 92.2 Å². The van der Waals surface area contributed by atoms with E-state index in [0.717, 1.165) is 44.6 Å². The first-order chi connectivity index (χ1) is 26.8. The number of anilines is 3. The van der Waals surface area contributed by atoms with Crippen LogP contribution in [-0.4, -0.2) is 0 Å². The van der Waals surface area contributed by atoms with E-state index in [1.54, 1.807) is 0 Å². The molecule has 0 N–H and O–H groups in total. The Morgan fingerprint density at radius 3 is 1.65 bits per heavy atom. The zero-order chi connectivity index (χ0) is 35.8. The SMILES string of the molecule is c1ccc(-c2ccccc2-c2ccccc2-c2ccccc2N(c2ccc(-c3ccc4ccccc4c3)cc2)c2ccc3c(c2)oc2ccccc23)cc1. The van der Waals surface area contributed by atoms with E-state index < -0.39 is 0 Å². The zero-order valence-corrected chi connectivity index (χ0v) is 29.6. The number of hydrogen-bond acceptors (Lipinski definition) is 2. The molecule has 0 aliphatic carbocycles. The third kappa shape index (κ3) is 5.62. The van der Waals surface area contributed by atoms with Crippen molar-refractivity contribution in [3.8, 4) is 44.5 Å². The van der Waals surface area contributed by atoms with E-state index in [0.29, 0.717) is 0 Å². The smallest absolute Gasteiger partial charge is 0.137 e. The summed E-state index contributed by atoms with van der Waals surface area (Å²) in [6, 6.07) is 75.9. The Kier molecular flexibility index (Phi) is 7.85. The van der Waals surface area contributed by atoms with Crippen molar-refractivity contribution >= 4 is 49.8 Å². The van der Waals surface area contributed by atoms with Crippen LogP contribution in [0.15, 0.2) is 217 Å². The normalized spacial score (nSPS) is 11.3. The van der Waals surface area contributed by atoms with Gasteiger partial charge in [0.05, 0.1) is 5.69 Å². The van der Waals surface area contributed by atoms with Crippen LogP contribution in [0.25, 0.3) is 77.2 Å². The molecule has 0 atom stereocenters. The predicted octanol–water partition coefficient (Wildman–Crippen LogP) is 14.9. The van der Waals surface area contributed by atoms with E-state index in [1.165, 1.54) is 49.7 Å². The molecule has 0 fully saturated rings. The molecule has 254 valence electrons. The lowest BCUT2D eigenvalue weighted by atomic mass is 9.88. The number of para-hydroxylation sites is 2. The third-order valence-electron chi connectivity index (χ3n) is 10.5. The first kappa shape index (κ1) is 31.6. The Hall–Kier alpha value is -7.16. The summed E-state index contributed by atoms with van der Waals surface area (Å²) >= 11 is 0. The number of hydrogen-bond donors (Lipinski definition) is 0. The fourth-order valence-corrected chi connectivity index (χ4v) is 7.89. The summed E-state index contributed by atoms with van der Waals surface area (Å²) in [5, 5.41) is 4.71. The highest BCUT2D eigenvalue weighted by atomic mass is 16.3. The minimum absolute atomic E-state index is 0.862. The second-order valence-electron chi connectivity index (χ2n) is 13.7. The molecule has 10 rings (SSSR count). The fourth-order valence-electron chi connectivity index (χ4n) is 7.89. The molecular weight excluding hydrogens is 655 g/mol. The quantitative estimate of drug-likeness (QED) is 0.166. The summed E-state index contributed by atoms with van der Waals surface area (Å²) in [4.78, 5) is 2.37. The van der Waals surface area contributed by atoms with Crippen molar-refractivity contribution in [2.75, 3.05) is 4.90 Å². The second-order valence-corrected chi connectivity index (χ2v) is 13.7.